The lowest BCUT2D eigenvalue weighted by Gasteiger charge is -2.13. The van der Waals surface area contributed by atoms with Gasteiger partial charge < -0.3 is 10.4 Å². The molecule has 0 saturated heterocycles. The number of nitrogens with zero attached hydrogens (tertiary/aromatic N) is 3. The maximum Gasteiger partial charge on any atom is 0.225 e. The van der Waals surface area contributed by atoms with Crippen LogP contribution in [0.15, 0.2) is 112 Å². The van der Waals surface area contributed by atoms with Gasteiger partial charge in [-0.25, -0.2) is 9.98 Å². The van der Waals surface area contributed by atoms with E-state index < -0.39 is 0 Å². The lowest BCUT2D eigenvalue weighted by atomic mass is 10.0. The van der Waals surface area contributed by atoms with Crippen molar-refractivity contribution in [3.8, 4) is 0 Å². The Morgan fingerprint density at radius 3 is 2.42 bits per heavy atom. The molecule has 38 heavy (non-hydrogen) atoms. The van der Waals surface area contributed by atoms with Crippen molar-refractivity contribution >= 4 is 40.6 Å². The highest BCUT2D eigenvalue weighted by Crippen LogP contribution is 2.34. The molecule has 0 spiro atoms. The molecule has 1 unspecified atom stereocenters. The first kappa shape index (κ1) is 24.3. The molecule has 0 fully saturated rings. The van der Waals surface area contributed by atoms with E-state index >= 15 is 0 Å². The van der Waals surface area contributed by atoms with Crippen LogP contribution in [0.5, 0.6) is 0 Å². The summed E-state index contributed by atoms with van der Waals surface area (Å²) in [5.41, 5.74) is 5.70. The standard InChI is InChI=1S/C32H28N4OS/c37-21-25-11-3-8-16-30(25)38-29-15-7-2-10-24(29)20-34-32-35-28-14-6-5-13-27(28)31(36-32)33-19-23-18-17-22-9-1-4-12-26(22)23/h1-16,19,23,37H,17-18,20-21H2,(H,34,35,36). The van der Waals surface area contributed by atoms with Crippen LogP contribution in [0.2, 0.25) is 0 Å². The fourth-order valence-corrected chi connectivity index (χ4v) is 5.98. The molecule has 1 aliphatic carbocycles. The van der Waals surface area contributed by atoms with Gasteiger partial charge in [-0.05, 0) is 59.4 Å². The number of aliphatic hydroxyl groups excluding tert-OH is 1. The molecular formula is C32H28N4OS. The van der Waals surface area contributed by atoms with Crippen LogP contribution in [-0.4, -0.2) is 21.3 Å². The third kappa shape index (κ3) is 5.19. The molecule has 0 radical (unpaired) electrons. The molecule has 2 N–H and O–H groups in total. The highest BCUT2D eigenvalue weighted by Gasteiger charge is 2.20. The van der Waals surface area contributed by atoms with Gasteiger partial charge >= 0.3 is 0 Å². The van der Waals surface area contributed by atoms with Crippen molar-refractivity contribution in [1.29, 1.82) is 0 Å². The quantitative estimate of drug-likeness (QED) is 0.212. The predicted octanol–water partition coefficient (Wildman–Crippen LogP) is 7.32. The number of aromatic nitrogens is 2. The molecule has 0 aliphatic heterocycles. The lowest BCUT2D eigenvalue weighted by molar-refractivity contribution is 0.279. The van der Waals surface area contributed by atoms with Crippen LogP contribution in [-0.2, 0) is 19.6 Å². The van der Waals surface area contributed by atoms with E-state index in [1.165, 1.54) is 11.1 Å². The lowest BCUT2D eigenvalue weighted by Crippen LogP contribution is -2.05. The van der Waals surface area contributed by atoms with Crippen LogP contribution in [0.4, 0.5) is 11.8 Å². The summed E-state index contributed by atoms with van der Waals surface area (Å²) in [6.07, 6.45) is 4.21. The number of para-hydroxylation sites is 1. The minimum absolute atomic E-state index is 0.0181. The molecule has 5 aromatic rings. The molecule has 5 nitrogen and oxygen atoms in total. The Hall–Kier alpha value is -4.00. The molecule has 1 aliphatic rings. The second kappa shape index (κ2) is 11.2. The van der Waals surface area contributed by atoms with Crippen molar-refractivity contribution < 1.29 is 5.11 Å². The number of benzene rings is 4. The number of anilines is 1. The summed E-state index contributed by atoms with van der Waals surface area (Å²) >= 11 is 1.66. The average molecular weight is 517 g/mol. The number of rotatable bonds is 8. The molecule has 4 aromatic carbocycles. The van der Waals surface area contributed by atoms with E-state index in [9.17, 15) is 5.11 Å². The monoisotopic (exact) mass is 516 g/mol. The summed E-state index contributed by atoms with van der Waals surface area (Å²) in [6.45, 7) is 0.590. The van der Waals surface area contributed by atoms with Crippen LogP contribution in [0.25, 0.3) is 10.9 Å². The molecule has 0 amide bonds. The summed E-state index contributed by atoms with van der Waals surface area (Å²) in [5.74, 6) is 1.54. The minimum atomic E-state index is 0.0181. The maximum atomic E-state index is 9.74. The zero-order valence-corrected chi connectivity index (χ0v) is 21.7. The van der Waals surface area contributed by atoms with Crippen molar-refractivity contribution in [3.05, 3.63) is 119 Å². The van der Waals surface area contributed by atoms with Gasteiger partial charge in [0.2, 0.25) is 5.95 Å². The summed E-state index contributed by atoms with van der Waals surface area (Å²) < 4.78 is 0. The van der Waals surface area contributed by atoms with Crippen molar-refractivity contribution in [2.75, 3.05) is 5.32 Å². The Balaban J connectivity index is 1.25. The predicted molar refractivity (Wildman–Crippen MR) is 155 cm³/mol. The zero-order chi connectivity index (χ0) is 25.7. The van der Waals surface area contributed by atoms with Gasteiger partial charge in [-0.15, -0.1) is 0 Å². The zero-order valence-electron chi connectivity index (χ0n) is 20.9. The number of aliphatic imine (C=N–C) groups is 1. The van der Waals surface area contributed by atoms with Crippen molar-refractivity contribution in [2.45, 2.75) is 41.7 Å². The van der Waals surface area contributed by atoms with Crippen molar-refractivity contribution in [1.82, 2.24) is 9.97 Å². The second-order valence-electron chi connectivity index (χ2n) is 9.34. The second-order valence-corrected chi connectivity index (χ2v) is 10.4. The number of aliphatic hydroxyl groups is 1. The first-order chi connectivity index (χ1) is 18.8. The van der Waals surface area contributed by atoms with E-state index in [-0.39, 0.29) is 6.61 Å². The summed E-state index contributed by atoms with van der Waals surface area (Å²) in [7, 11) is 0. The Bertz CT molecular complexity index is 1620. The van der Waals surface area contributed by atoms with Gasteiger partial charge in [0.15, 0.2) is 5.82 Å². The highest BCUT2D eigenvalue weighted by atomic mass is 32.2. The first-order valence-electron chi connectivity index (χ1n) is 12.9. The molecule has 6 heteroatoms. The number of nitrogens with one attached hydrogen (secondary N) is 1. The van der Waals surface area contributed by atoms with E-state index in [0.717, 1.165) is 44.7 Å². The van der Waals surface area contributed by atoms with Gasteiger partial charge in [-0.3, -0.25) is 0 Å². The Morgan fingerprint density at radius 1 is 0.842 bits per heavy atom. The van der Waals surface area contributed by atoms with Crippen LogP contribution < -0.4 is 5.32 Å². The summed E-state index contributed by atoms with van der Waals surface area (Å²) in [5, 5.41) is 14.1. The third-order valence-electron chi connectivity index (χ3n) is 6.91. The van der Waals surface area contributed by atoms with Crippen LogP contribution in [0.3, 0.4) is 0 Å². The molecule has 188 valence electrons. The van der Waals surface area contributed by atoms with E-state index in [1.807, 2.05) is 60.7 Å². The van der Waals surface area contributed by atoms with Gasteiger partial charge in [0.1, 0.15) is 0 Å². The Morgan fingerprint density at radius 2 is 1.55 bits per heavy atom. The number of aryl methyl sites for hydroxylation is 1. The fraction of sp³-hybridized carbons (Fsp3) is 0.156. The number of hydrogen-bond donors (Lipinski definition) is 2. The molecule has 1 atom stereocenters. The molecule has 1 heterocycles. The molecule has 0 saturated carbocycles. The van der Waals surface area contributed by atoms with Crippen LogP contribution >= 0.6 is 11.8 Å². The topological polar surface area (TPSA) is 70.4 Å². The first-order valence-corrected chi connectivity index (χ1v) is 13.7. The fourth-order valence-electron chi connectivity index (χ4n) is 4.92. The normalized spacial score (nSPS) is 14.7. The van der Waals surface area contributed by atoms with E-state index in [2.05, 4.69) is 47.9 Å². The van der Waals surface area contributed by atoms with E-state index in [0.29, 0.717) is 24.2 Å². The molecule has 1 aromatic heterocycles. The highest BCUT2D eigenvalue weighted by molar-refractivity contribution is 7.99. The minimum Gasteiger partial charge on any atom is -0.392 e. The molecule has 0 bridgehead atoms. The number of fused-ring (bicyclic) bond motifs is 2. The summed E-state index contributed by atoms with van der Waals surface area (Å²) in [4.78, 5) is 16.6. The van der Waals surface area contributed by atoms with E-state index in [4.69, 9.17) is 15.0 Å². The summed E-state index contributed by atoms with van der Waals surface area (Å²) in [6, 6.07) is 32.9. The smallest absolute Gasteiger partial charge is 0.225 e. The van der Waals surface area contributed by atoms with Gasteiger partial charge in [0.05, 0.1) is 12.1 Å². The largest absolute Gasteiger partial charge is 0.392 e. The van der Waals surface area contributed by atoms with Crippen molar-refractivity contribution in [3.63, 3.8) is 0 Å². The Kier molecular flexibility index (Phi) is 7.16. The average Bonchev–Trinajstić information content (AvgIpc) is 3.39. The van der Waals surface area contributed by atoms with Gasteiger partial charge in [-0.2, -0.15) is 4.98 Å². The van der Waals surface area contributed by atoms with Crippen LogP contribution in [0.1, 0.15) is 34.6 Å². The molecule has 6 rings (SSSR count). The van der Waals surface area contributed by atoms with E-state index in [1.54, 1.807) is 11.8 Å². The maximum absolute atomic E-state index is 9.74. The molecular weight excluding hydrogens is 488 g/mol. The SMILES string of the molecule is OCc1ccccc1Sc1ccccc1CNc1nc(N=CC2CCc3ccccc32)c2ccccc2n1. The van der Waals surface area contributed by atoms with Gasteiger partial charge in [0, 0.05) is 33.9 Å². The van der Waals surface area contributed by atoms with Crippen molar-refractivity contribution in [2.24, 2.45) is 4.99 Å². The van der Waals surface area contributed by atoms with Gasteiger partial charge in [0.25, 0.3) is 0 Å². The van der Waals surface area contributed by atoms with Gasteiger partial charge in [-0.1, -0.05) is 84.6 Å². The number of hydrogen-bond acceptors (Lipinski definition) is 6. The van der Waals surface area contributed by atoms with Crippen LogP contribution in [0, 0.1) is 0 Å². The third-order valence-corrected chi connectivity index (χ3v) is 8.15. The Labute approximate surface area is 226 Å².